The van der Waals surface area contributed by atoms with E-state index in [0.717, 1.165) is 32.1 Å². The maximum Gasteiger partial charge on any atom is 0.229 e. The zero-order valence-electron chi connectivity index (χ0n) is 16.1. The van der Waals surface area contributed by atoms with Gasteiger partial charge in [0.1, 0.15) is 0 Å². The monoisotopic (exact) mass is 413 g/mol. The Hall–Kier alpha value is -1.77. The number of benzene rings is 2. The van der Waals surface area contributed by atoms with Crippen LogP contribution in [0.25, 0.3) is 0 Å². The highest BCUT2D eigenvalue weighted by Crippen LogP contribution is 2.44. The molecule has 1 unspecified atom stereocenters. The standard InChI is InChI=1S/C24H25Cl2NO/c1-27(24(28)16-7-3-2-4-8-16)23-14-12-18(19-9-5-6-10-20(19)23)17-11-13-21(25)22(26)15-17/h3,5-7,9-11,13,15-16,18,23H,2,4,8,12,14H2,1H3/t16?,18-,23-/m0/s1. The maximum absolute atomic E-state index is 13.1. The SMILES string of the molecule is CN(C(=O)C1C=CCCC1)[C@H]1CC[C@@H](c2ccc(Cl)c(Cl)c2)c2ccccc21. The number of carbonyl (C=O) groups excluding carboxylic acids is 1. The van der Waals surface area contributed by atoms with Crippen molar-refractivity contribution in [2.75, 3.05) is 7.05 Å². The molecule has 1 amide bonds. The number of allylic oxidation sites excluding steroid dienone is 1. The second-order valence-corrected chi connectivity index (χ2v) is 8.68. The highest BCUT2D eigenvalue weighted by molar-refractivity contribution is 6.42. The van der Waals surface area contributed by atoms with E-state index in [-0.39, 0.29) is 23.8 Å². The van der Waals surface area contributed by atoms with Crippen molar-refractivity contribution in [2.45, 2.75) is 44.1 Å². The van der Waals surface area contributed by atoms with E-state index >= 15 is 0 Å². The van der Waals surface area contributed by atoms with E-state index in [1.54, 1.807) is 0 Å². The van der Waals surface area contributed by atoms with E-state index in [1.165, 1.54) is 16.7 Å². The molecule has 0 saturated heterocycles. The fraction of sp³-hybridized carbons (Fsp3) is 0.375. The zero-order chi connectivity index (χ0) is 19.7. The first kappa shape index (κ1) is 19.5. The molecule has 2 aromatic rings. The zero-order valence-corrected chi connectivity index (χ0v) is 17.6. The third-order valence-corrected chi connectivity index (χ3v) is 6.93. The third-order valence-electron chi connectivity index (χ3n) is 6.19. The lowest BCUT2D eigenvalue weighted by Gasteiger charge is -2.38. The van der Waals surface area contributed by atoms with Gasteiger partial charge in [-0.15, -0.1) is 0 Å². The minimum atomic E-state index is 0.0266. The minimum Gasteiger partial charge on any atom is -0.338 e. The lowest BCUT2D eigenvalue weighted by molar-refractivity contribution is -0.135. The summed E-state index contributed by atoms with van der Waals surface area (Å²) in [6.45, 7) is 0. The number of rotatable bonds is 3. The van der Waals surface area contributed by atoms with Crippen molar-refractivity contribution in [3.8, 4) is 0 Å². The van der Waals surface area contributed by atoms with Gasteiger partial charge in [-0.1, -0.05) is 65.7 Å². The van der Waals surface area contributed by atoms with Crippen LogP contribution in [0.4, 0.5) is 0 Å². The largest absolute Gasteiger partial charge is 0.338 e. The molecule has 0 aromatic heterocycles. The van der Waals surface area contributed by atoms with Crippen molar-refractivity contribution >= 4 is 29.1 Å². The summed E-state index contributed by atoms with van der Waals surface area (Å²) in [4.78, 5) is 15.1. The van der Waals surface area contributed by atoms with Crippen molar-refractivity contribution < 1.29 is 4.79 Å². The predicted octanol–water partition coefficient (Wildman–Crippen LogP) is 6.77. The molecule has 0 aliphatic heterocycles. The van der Waals surface area contributed by atoms with Gasteiger partial charge in [-0.05, 0) is 60.9 Å². The molecule has 146 valence electrons. The Balaban J connectivity index is 1.64. The lowest BCUT2D eigenvalue weighted by atomic mass is 9.76. The number of carbonyl (C=O) groups is 1. The van der Waals surface area contributed by atoms with Gasteiger partial charge in [0.25, 0.3) is 0 Å². The Kier molecular flexibility index (Phi) is 5.80. The molecule has 0 heterocycles. The molecule has 4 heteroatoms. The van der Waals surface area contributed by atoms with Crippen LogP contribution in [0.15, 0.2) is 54.6 Å². The van der Waals surface area contributed by atoms with Crippen molar-refractivity contribution in [2.24, 2.45) is 5.92 Å². The van der Waals surface area contributed by atoms with E-state index in [1.807, 2.05) is 24.1 Å². The molecule has 28 heavy (non-hydrogen) atoms. The molecule has 2 aromatic carbocycles. The molecule has 0 bridgehead atoms. The smallest absolute Gasteiger partial charge is 0.229 e. The van der Waals surface area contributed by atoms with Gasteiger partial charge < -0.3 is 4.90 Å². The molecule has 2 aliphatic rings. The third kappa shape index (κ3) is 3.73. The van der Waals surface area contributed by atoms with E-state index in [2.05, 4.69) is 42.5 Å². The van der Waals surface area contributed by atoms with Gasteiger partial charge in [0.15, 0.2) is 0 Å². The molecule has 0 fully saturated rings. The van der Waals surface area contributed by atoms with E-state index in [9.17, 15) is 4.79 Å². The van der Waals surface area contributed by atoms with Crippen LogP contribution in [0.3, 0.4) is 0 Å². The molecular formula is C24H25Cl2NO. The van der Waals surface area contributed by atoms with Gasteiger partial charge in [0.05, 0.1) is 22.0 Å². The highest BCUT2D eigenvalue weighted by atomic mass is 35.5. The van der Waals surface area contributed by atoms with Crippen LogP contribution >= 0.6 is 23.2 Å². The summed E-state index contributed by atoms with van der Waals surface area (Å²) in [6, 6.07) is 14.6. The molecule has 2 aliphatic carbocycles. The van der Waals surface area contributed by atoms with Crippen LogP contribution < -0.4 is 0 Å². The van der Waals surface area contributed by atoms with Crippen LogP contribution in [-0.4, -0.2) is 17.9 Å². The second-order valence-electron chi connectivity index (χ2n) is 7.86. The van der Waals surface area contributed by atoms with Crippen LogP contribution in [0.2, 0.25) is 10.0 Å². The normalized spacial score (nSPS) is 23.9. The van der Waals surface area contributed by atoms with Gasteiger partial charge in [-0.2, -0.15) is 0 Å². The van der Waals surface area contributed by atoms with Gasteiger partial charge in [0.2, 0.25) is 5.91 Å². The Morgan fingerprint density at radius 3 is 2.50 bits per heavy atom. The number of amides is 1. The number of fused-ring (bicyclic) bond motifs is 1. The average Bonchev–Trinajstić information content (AvgIpc) is 2.74. The summed E-state index contributed by atoms with van der Waals surface area (Å²) in [7, 11) is 1.96. The summed E-state index contributed by atoms with van der Waals surface area (Å²) in [5.74, 6) is 0.544. The molecule has 3 atom stereocenters. The molecular weight excluding hydrogens is 389 g/mol. The molecule has 0 N–H and O–H groups in total. The number of halogens is 2. The van der Waals surface area contributed by atoms with Gasteiger partial charge in [-0.3, -0.25) is 4.79 Å². The molecule has 2 nitrogen and oxygen atoms in total. The van der Waals surface area contributed by atoms with Crippen molar-refractivity contribution in [1.29, 1.82) is 0 Å². The first-order chi connectivity index (χ1) is 13.6. The lowest BCUT2D eigenvalue weighted by Crippen LogP contribution is -2.38. The summed E-state index contributed by atoms with van der Waals surface area (Å²) < 4.78 is 0. The van der Waals surface area contributed by atoms with Gasteiger partial charge in [-0.25, -0.2) is 0 Å². The van der Waals surface area contributed by atoms with Crippen LogP contribution in [0.5, 0.6) is 0 Å². The first-order valence-corrected chi connectivity index (χ1v) is 10.8. The molecule has 0 spiro atoms. The van der Waals surface area contributed by atoms with Crippen molar-refractivity contribution in [3.05, 3.63) is 81.4 Å². The van der Waals surface area contributed by atoms with Crippen LogP contribution in [0, 0.1) is 5.92 Å². The van der Waals surface area contributed by atoms with Crippen molar-refractivity contribution in [3.63, 3.8) is 0 Å². The topological polar surface area (TPSA) is 20.3 Å². The van der Waals surface area contributed by atoms with E-state index in [4.69, 9.17) is 23.2 Å². The quantitative estimate of drug-likeness (QED) is 0.507. The van der Waals surface area contributed by atoms with Crippen LogP contribution in [0.1, 0.15) is 60.8 Å². The Labute approximate surface area is 177 Å². The summed E-state index contributed by atoms with van der Waals surface area (Å²) >= 11 is 12.4. The Morgan fingerprint density at radius 2 is 1.79 bits per heavy atom. The minimum absolute atomic E-state index is 0.0266. The molecule has 0 radical (unpaired) electrons. The maximum atomic E-state index is 13.1. The fourth-order valence-electron chi connectivity index (χ4n) is 4.68. The average molecular weight is 414 g/mol. The Morgan fingerprint density at radius 1 is 1.00 bits per heavy atom. The van der Waals surface area contributed by atoms with Gasteiger partial charge >= 0.3 is 0 Å². The summed E-state index contributed by atoms with van der Waals surface area (Å²) in [5, 5.41) is 1.17. The predicted molar refractivity (Wildman–Crippen MR) is 116 cm³/mol. The van der Waals surface area contributed by atoms with E-state index in [0.29, 0.717) is 10.0 Å². The first-order valence-electron chi connectivity index (χ1n) is 10.0. The van der Waals surface area contributed by atoms with Crippen LogP contribution in [-0.2, 0) is 4.79 Å². The number of hydrogen-bond acceptors (Lipinski definition) is 1. The van der Waals surface area contributed by atoms with E-state index < -0.39 is 0 Å². The fourth-order valence-corrected chi connectivity index (χ4v) is 4.98. The summed E-state index contributed by atoms with van der Waals surface area (Å²) in [6.07, 6.45) is 9.31. The molecule has 4 rings (SSSR count). The Bertz CT molecular complexity index is 907. The highest BCUT2D eigenvalue weighted by Gasteiger charge is 2.33. The van der Waals surface area contributed by atoms with Gasteiger partial charge in [0, 0.05) is 13.0 Å². The molecule has 0 saturated carbocycles. The second kappa shape index (κ2) is 8.31. The van der Waals surface area contributed by atoms with Crippen molar-refractivity contribution in [1.82, 2.24) is 4.90 Å². The number of hydrogen-bond donors (Lipinski definition) is 0. The number of nitrogens with zero attached hydrogens (tertiary/aromatic N) is 1. The summed E-state index contributed by atoms with van der Waals surface area (Å²) in [5.41, 5.74) is 3.72.